The van der Waals surface area contributed by atoms with Gasteiger partial charge < -0.3 is 10.6 Å². The largest absolute Gasteiger partial charge is 0.350 e. The number of benzene rings is 1. The molecule has 1 aromatic carbocycles. The van der Waals surface area contributed by atoms with Crippen LogP contribution in [-0.2, 0) is 19.6 Å². The third-order valence-electron chi connectivity index (χ3n) is 9.85. The number of anilines is 1. The van der Waals surface area contributed by atoms with Crippen molar-refractivity contribution in [3.05, 3.63) is 36.9 Å². The zero-order valence-corrected chi connectivity index (χ0v) is 24.8. The van der Waals surface area contributed by atoms with Gasteiger partial charge in [0.15, 0.2) is 0 Å². The summed E-state index contributed by atoms with van der Waals surface area (Å²) in [4.78, 5) is 25.0. The topological polar surface area (TPSA) is 95.6 Å². The highest BCUT2D eigenvalue weighted by atomic mass is 32.2. The molecule has 5 aliphatic rings. The van der Waals surface area contributed by atoms with Crippen LogP contribution in [0.1, 0.15) is 91.9 Å². The number of rotatable bonds is 8. The number of carbonyl (C=O) groups is 2. The Labute approximate surface area is 234 Å². The highest BCUT2D eigenvalue weighted by Crippen LogP contribution is 2.61. The second-order valence-corrected chi connectivity index (χ2v) is 16.0. The van der Waals surface area contributed by atoms with Crippen molar-refractivity contribution < 1.29 is 18.0 Å². The molecule has 8 heteroatoms. The molecule has 0 atom stereocenters. The van der Waals surface area contributed by atoms with Gasteiger partial charge in [-0.15, -0.1) is 0 Å². The Bertz CT molecular complexity index is 1180. The second kappa shape index (κ2) is 10.0. The van der Waals surface area contributed by atoms with E-state index in [2.05, 4.69) is 17.2 Å². The fourth-order valence-corrected chi connectivity index (χ4v) is 11.4. The first-order chi connectivity index (χ1) is 18.2. The zero-order valence-electron chi connectivity index (χ0n) is 24.0. The van der Waals surface area contributed by atoms with Gasteiger partial charge in [-0.1, -0.05) is 6.58 Å². The fraction of sp³-hybridized carbons (Fsp3) is 0.677. The Hall–Kier alpha value is -2.19. The van der Waals surface area contributed by atoms with Crippen LogP contribution in [0.3, 0.4) is 0 Å². The van der Waals surface area contributed by atoms with Crippen molar-refractivity contribution in [2.45, 2.75) is 114 Å². The minimum atomic E-state index is -3.83. The van der Waals surface area contributed by atoms with Gasteiger partial charge in [-0.3, -0.25) is 9.59 Å². The first-order valence-corrected chi connectivity index (χ1v) is 16.0. The van der Waals surface area contributed by atoms with E-state index in [0.717, 1.165) is 24.2 Å². The molecule has 1 aromatic rings. The summed E-state index contributed by atoms with van der Waals surface area (Å²) >= 11 is 0. The van der Waals surface area contributed by atoms with E-state index in [1.54, 1.807) is 28.6 Å². The molecule has 0 spiro atoms. The van der Waals surface area contributed by atoms with Gasteiger partial charge in [0.1, 0.15) is 0 Å². The molecular weight excluding hydrogens is 510 g/mol. The Morgan fingerprint density at radius 3 is 1.92 bits per heavy atom. The molecule has 0 radical (unpaired) electrons. The number of carbonyl (C=O) groups excluding carboxylic acids is 2. The van der Waals surface area contributed by atoms with Crippen LogP contribution in [-0.4, -0.2) is 41.7 Å². The summed E-state index contributed by atoms with van der Waals surface area (Å²) in [5.41, 5.74) is -0.451. The van der Waals surface area contributed by atoms with Crippen LogP contribution in [0, 0.1) is 23.2 Å². The van der Waals surface area contributed by atoms with E-state index < -0.39 is 21.1 Å². The maximum atomic E-state index is 13.9. The molecule has 6 rings (SSSR count). The number of nitrogens with one attached hydrogen (secondary N) is 2. The Balaban J connectivity index is 1.23. The van der Waals surface area contributed by atoms with Gasteiger partial charge in [-0.2, -0.15) is 4.31 Å². The summed E-state index contributed by atoms with van der Waals surface area (Å²) in [6.45, 7) is 11.1. The van der Waals surface area contributed by atoms with Gasteiger partial charge in [-0.25, -0.2) is 8.42 Å². The lowest BCUT2D eigenvalue weighted by Gasteiger charge is -2.57. The molecule has 1 aliphatic heterocycles. The van der Waals surface area contributed by atoms with Gasteiger partial charge in [0.2, 0.25) is 21.8 Å². The van der Waals surface area contributed by atoms with E-state index in [4.69, 9.17) is 0 Å². The average molecular weight is 556 g/mol. The van der Waals surface area contributed by atoms with Crippen molar-refractivity contribution >= 4 is 27.5 Å². The smallest absolute Gasteiger partial charge is 0.244 e. The summed E-state index contributed by atoms with van der Waals surface area (Å²) in [6, 6.07) is 6.39. The molecule has 4 aliphatic carbocycles. The predicted octanol–water partition coefficient (Wildman–Crippen LogP) is 5.63. The summed E-state index contributed by atoms with van der Waals surface area (Å²) < 4.78 is 29.3. The van der Waals surface area contributed by atoms with Gasteiger partial charge in [0.25, 0.3) is 0 Å². The summed E-state index contributed by atoms with van der Waals surface area (Å²) in [5.74, 6) is 2.38. The molecule has 2 amide bonds. The van der Waals surface area contributed by atoms with Crippen molar-refractivity contribution in [3.8, 4) is 0 Å². The Kier molecular flexibility index (Phi) is 7.28. The van der Waals surface area contributed by atoms with Crippen molar-refractivity contribution in [2.75, 3.05) is 5.32 Å². The lowest BCUT2D eigenvalue weighted by atomic mass is 9.48. The van der Waals surface area contributed by atoms with E-state index in [-0.39, 0.29) is 22.8 Å². The molecule has 214 valence electrons. The van der Waals surface area contributed by atoms with Crippen molar-refractivity contribution in [3.63, 3.8) is 0 Å². The molecule has 2 N–H and O–H groups in total. The van der Waals surface area contributed by atoms with Gasteiger partial charge in [0, 0.05) is 29.2 Å². The number of hydrogen-bond donors (Lipinski definition) is 2. The zero-order chi connectivity index (χ0) is 28.2. The Morgan fingerprint density at radius 1 is 0.923 bits per heavy atom. The van der Waals surface area contributed by atoms with Crippen molar-refractivity contribution in [1.82, 2.24) is 9.62 Å². The quantitative estimate of drug-likeness (QED) is 0.406. The van der Waals surface area contributed by atoms with Crippen LogP contribution < -0.4 is 10.6 Å². The van der Waals surface area contributed by atoms with Gasteiger partial charge in [0.05, 0.1) is 4.90 Å². The van der Waals surface area contributed by atoms with Crippen molar-refractivity contribution in [1.29, 1.82) is 0 Å². The first kappa shape index (κ1) is 28.3. The first-order valence-electron chi connectivity index (χ1n) is 14.6. The van der Waals surface area contributed by atoms with Crippen LogP contribution in [0.25, 0.3) is 0 Å². The number of sulfonamides is 1. The van der Waals surface area contributed by atoms with Crippen LogP contribution in [0.2, 0.25) is 0 Å². The standard InChI is InChI=1S/C31H45N3O4S/c1-6-27(35)33-25-19-29(2,3)34(30(4,5)20-25)39(37,38)26-9-7-24(8-10-26)32-28(36)11-12-31-16-21-13-22(17-31)15-23(14-21)18-31/h6-10,21-23,25H,1,11-20H2,2-5H3,(H,32,36)(H,33,35). The van der Waals surface area contributed by atoms with Crippen LogP contribution in [0.4, 0.5) is 5.69 Å². The van der Waals surface area contributed by atoms with E-state index >= 15 is 0 Å². The average Bonchev–Trinajstić information content (AvgIpc) is 2.80. The molecular formula is C31H45N3O4S. The maximum Gasteiger partial charge on any atom is 0.244 e. The minimum absolute atomic E-state index is 0.00672. The predicted molar refractivity (Wildman–Crippen MR) is 153 cm³/mol. The third-order valence-corrected chi connectivity index (χ3v) is 12.2. The third kappa shape index (κ3) is 5.69. The van der Waals surface area contributed by atoms with E-state index in [9.17, 15) is 18.0 Å². The molecule has 0 aromatic heterocycles. The maximum absolute atomic E-state index is 13.9. The van der Waals surface area contributed by atoms with Gasteiger partial charge >= 0.3 is 0 Å². The number of piperidine rings is 1. The monoisotopic (exact) mass is 555 g/mol. The summed E-state index contributed by atoms with van der Waals surface area (Å²) in [5, 5.41) is 5.94. The van der Waals surface area contributed by atoms with Crippen LogP contribution >= 0.6 is 0 Å². The lowest BCUT2D eigenvalue weighted by Crippen LogP contribution is -2.65. The highest BCUT2D eigenvalue weighted by Gasteiger charge is 2.52. The lowest BCUT2D eigenvalue weighted by molar-refractivity contribution is -0.119. The Morgan fingerprint density at radius 2 is 1.44 bits per heavy atom. The summed E-state index contributed by atoms with van der Waals surface area (Å²) in [7, 11) is -3.83. The summed E-state index contributed by atoms with van der Waals surface area (Å²) in [6.07, 6.45) is 11.8. The molecule has 4 saturated carbocycles. The second-order valence-electron chi connectivity index (χ2n) is 14.2. The molecule has 7 nitrogen and oxygen atoms in total. The van der Waals surface area contributed by atoms with E-state index in [0.29, 0.717) is 30.4 Å². The molecule has 1 heterocycles. The molecule has 39 heavy (non-hydrogen) atoms. The number of nitrogens with zero attached hydrogens (tertiary/aromatic N) is 1. The van der Waals surface area contributed by atoms with Crippen LogP contribution in [0.15, 0.2) is 41.8 Å². The minimum Gasteiger partial charge on any atom is -0.350 e. The number of hydrogen-bond acceptors (Lipinski definition) is 4. The molecule has 5 fully saturated rings. The molecule has 0 unspecified atom stereocenters. The SMILES string of the molecule is C=CC(=O)NC1CC(C)(C)N(S(=O)(=O)c2ccc(NC(=O)CCC34CC5CC(CC(C5)C3)C4)cc2)C(C)(C)C1. The van der Waals surface area contributed by atoms with E-state index in [1.807, 2.05) is 27.7 Å². The van der Waals surface area contributed by atoms with Crippen LogP contribution in [0.5, 0.6) is 0 Å². The fourth-order valence-electron chi connectivity index (χ4n) is 9.29. The van der Waals surface area contributed by atoms with Gasteiger partial charge in [-0.05, 0) is 139 Å². The number of amides is 2. The van der Waals surface area contributed by atoms with E-state index in [1.165, 1.54) is 44.6 Å². The molecule has 4 bridgehead atoms. The normalized spacial score (nSPS) is 31.5. The van der Waals surface area contributed by atoms with Crippen molar-refractivity contribution in [2.24, 2.45) is 23.2 Å². The molecule has 1 saturated heterocycles. The highest BCUT2D eigenvalue weighted by molar-refractivity contribution is 7.89.